The highest BCUT2D eigenvalue weighted by molar-refractivity contribution is 5.94. The summed E-state index contributed by atoms with van der Waals surface area (Å²) in [7, 11) is 0. The van der Waals surface area contributed by atoms with Crippen molar-refractivity contribution in [3.63, 3.8) is 0 Å². The van der Waals surface area contributed by atoms with Gasteiger partial charge in [0.2, 0.25) is 17.7 Å². The molecule has 1 fully saturated rings. The first-order valence-electron chi connectivity index (χ1n) is 10.9. The number of carboxylic acids is 1. The SMILES string of the molecule is CCC(C)C(N)C(=O)N1CCCC1C(=O)NC(CCCN=C(N)N)C(=O)NC(C)C(=O)O. The van der Waals surface area contributed by atoms with Crippen LogP contribution in [0.3, 0.4) is 0 Å². The molecule has 5 atom stereocenters. The van der Waals surface area contributed by atoms with Crippen molar-refractivity contribution >= 4 is 29.7 Å². The number of likely N-dealkylation sites (tertiary alicyclic amines) is 1. The van der Waals surface area contributed by atoms with Gasteiger partial charge in [-0.25, -0.2) is 0 Å². The second-order valence-electron chi connectivity index (χ2n) is 8.18. The van der Waals surface area contributed by atoms with E-state index in [1.165, 1.54) is 11.8 Å². The van der Waals surface area contributed by atoms with Gasteiger partial charge in [-0.1, -0.05) is 20.3 Å². The molecule has 1 rings (SSSR count). The van der Waals surface area contributed by atoms with Gasteiger partial charge in [0.25, 0.3) is 0 Å². The number of nitrogens with one attached hydrogen (secondary N) is 2. The van der Waals surface area contributed by atoms with Crippen molar-refractivity contribution in [2.45, 2.75) is 77.0 Å². The quantitative estimate of drug-likeness (QED) is 0.115. The molecule has 5 unspecified atom stereocenters. The van der Waals surface area contributed by atoms with Crippen LogP contribution < -0.4 is 27.8 Å². The molecule has 1 heterocycles. The van der Waals surface area contributed by atoms with E-state index in [0.717, 1.165) is 6.42 Å². The monoisotopic (exact) mass is 455 g/mol. The molecule has 0 bridgehead atoms. The van der Waals surface area contributed by atoms with Gasteiger partial charge in [-0.05, 0) is 38.5 Å². The zero-order chi connectivity index (χ0) is 24.4. The van der Waals surface area contributed by atoms with E-state index < -0.39 is 42.0 Å². The normalized spacial score (nSPS) is 19.4. The third-order valence-corrected chi connectivity index (χ3v) is 5.69. The largest absolute Gasteiger partial charge is 0.480 e. The van der Waals surface area contributed by atoms with Crippen molar-refractivity contribution in [1.29, 1.82) is 0 Å². The number of carbonyl (C=O) groups excluding carboxylic acids is 3. The predicted molar refractivity (Wildman–Crippen MR) is 119 cm³/mol. The lowest BCUT2D eigenvalue weighted by atomic mass is 9.98. The molecule has 0 aromatic heterocycles. The highest BCUT2D eigenvalue weighted by Crippen LogP contribution is 2.21. The van der Waals surface area contributed by atoms with Crippen LogP contribution in [0.1, 0.15) is 52.9 Å². The summed E-state index contributed by atoms with van der Waals surface area (Å²) in [5.74, 6) is -2.71. The Bertz CT molecular complexity index is 710. The lowest BCUT2D eigenvalue weighted by molar-refractivity contribution is -0.143. The van der Waals surface area contributed by atoms with Gasteiger partial charge >= 0.3 is 5.97 Å². The predicted octanol–water partition coefficient (Wildman–Crippen LogP) is -1.52. The molecular weight excluding hydrogens is 418 g/mol. The first-order chi connectivity index (χ1) is 15.0. The molecular formula is C20H37N7O5. The first-order valence-corrected chi connectivity index (χ1v) is 10.9. The Hall–Kier alpha value is -2.89. The Labute approximate surface area is 188 Å². The van der Waals surface area contributed by atoms with E-state index in [1.807, 2.05) is 13.8 Å². The summed E-state index contributed by atoms with van der Waals surface area (Å²) in [4.78, 5) is 54.8. The van der Waals surface area contributed by atoms with Crippen LogP contribution in [0, 0.1) is 5.92 Å². The first kappa shape index (κ1) is 27.1. The smallest absolute Gasteiger partial charge is 0.325 e. The van der Waals surface area contributed by atoms with Gasteiger partial charge in [-0.2, -0.15) is 0 Å². The number of amides is 3. The van der Waals surface area contributed by atoms with Crippen molar-refractivity contribution in [1.82, 2.24) is 15.5 Å². The molecule has 0 radical (unpaired) electrons. The Balaban J connectivity index is 2.89. The minimum atomic E-state index is -1.20. The van der Waals surface area contributed by atoms with Crippen LogP contribution in [0.5, 0.6) is 0 Å². The van der Waals surface area contributed by atoms with Crippen LogP contribution in [-0.2, 0) is 19.2 Å². The van der Waals surface area contributed by atoms with E-state index in [4.69, 9.17) is 22.3 Å². The van der Waals surface area contributed by atoms with Gasteiger partial charge in [-0.3, -0.25) is 24.2 Å². The van der Waals surface area contributed by atoms with Crippen LogP contribution in [0.25, 0.3) is 0 Å². The zero-order valence-electron chi connectivity index (χ0n) is 19.0. The molecule has 1 aliphatic heterocycles. The molecule has 3 amide bonds. The van der Waals surface area contributed by atoms with Crippen LogP contribution in [0.15, 0.2) is 4.99 Å². The third kappa shape index (κ3) is 7.98. The van der Waals surface area contributed by atoms with E-state index in [0.29, 0.717) is 25.8 Å². The second kappa shape index (κ2) is 12.8. The summed E-state index contributed by atoms with van der Waals surface area (Å²) in [6.45, 7) is 5.81. The molecule has 182 valence electrons. The maximum absolute atomic E-state index is 13.0. The minimum Gasteiger partial charge on any atom is -0.480 e. The fraction of sp³-hybridized carbons (Fsp3) is 0.750. The Morgan fingerprint density at radius 3 is 2.41 bits per heavy atom. The van der Waals surface area contributed by atoms with Gasteiger partial charge in [0, 0.05) is 13.1 Å². The summed E-state index contributed by atoms with van der Waals surface area (Å²) in [6, 6.07) is -3.57. The summed E-state index contributed by atoms with van der Waals surface area (Å²) >= 11 is 0. The highest BCUT2D eigenvalue weighted by Gasteiger charge is 2.38. The molecule has 12 nitrogen and oxygen atoms in total. The Kier molecular flexibility index (Phi) is 10.9. The van der Waals surface area contributed by atoms with Crippen LogP contribution in [0.4, 0.5) is 0 Å². The lowest BCUT2D eigenvalue weighted by Crippen LogP contribution is -2.57. The van der Waals surface area contributed by atoms with Gasteiger partial charge < -0.3 is 37.8 Å². The maximum Gasteiger partial charge on any atom is 0.325 e. The number of carbonyl (C=O) groups is 4. The molecule has 9 N–H and O–H groups in total. The molecule has 0 aromatic rings. The average molecular weight is 456 g/mol. The van der Waals surface area contributed by atoms with Crippen LogP contribution in [0.2, 0.25) is 0 Å². The minimum absolute atomic E-state index is 0.0293. The van der Waals surface area contributed by atoms with E-state index in [9.17, 15) is 19.2 Å². The molecule has 32 heavy (non-hydrogen) atoms. The molecule has 0 aromatic carbocycles. The number of rotatable bonds is 12. The highest BCUT2D eigenvalue weighted by atomic mass is 16.4. The fourth-order valence-corrected chi connectivity index (χ4v) is 3.41. The Morgan fingerprint density at radius 1 is 1.19 bits per heavy atom. The third-order valence-electron chi connectivity index (χ3n) is 5.69. The maximum atomic E-state index is 13.0. The van der Waals surface area contributed by atoms with Crippen molar-refractivity contribution in [2.75, 3.05) is 13.1 Å². The zero-order valence-corrected chi connectivity index (χ0v) is 19.0. The van der Waals surface area contributed by atoms with E-state index in [-0.39, 0.29) is 30.8 Å². The van der Waals surface area contributed by atoms with Gasteiger partial charge in [0.1, 0.15) is 18.1 Å². The molecule has 12 heteroatoms. The number of nitrogens with two attached hydrogens (primary N) is 3. The van der Waals surface area contributed by atoms with Crippen LogP contribution in [-0.4, -0.2) is 76.9 Å². The topological polar surface area (TPSA) is 206 Å². The molecule has 1 aliphatic rings. The van der Waals surface area contributed by atoms with Crippen LogP contribution >= 0.6 is 0 Å². The van der Waals surface area contributed by atoms with Crippen molar-refractivity contribution in [2.24, 2.45) is 28.1 Å². The fourth-order valence-electron chi connectivity index (χ4n) is 3.41. The number of hydrogen-bond acceptors (Lipinski definition) is 6. The molecule has 0 saturated carbocycles. The number of aliphatic imine (C=N–C) groups is 1. The van der Waals surface area contributed by atoms with Crippen molar-refractivity contribution in [3.05, 3.63) is 0 Å². The van der Waals surface area contributed by atoms with Gasteiger partial charge in [0.05, 0.1) is 6.04 Å². The standard InChI is InChI=1S/C20H37N7O5/c1-4-11(2)15(21)18(30)27-10-6-8-14(27)17(29)26-13(7-5-9-24-20(22)23)16(28)25-12(3)19(31)32/h11-15H,4-10,21H2,1-3H3,(H,25,28)(H,26,29)(H,31,32)(H4,22,23,24). The van der Waals surface area contributed by atoms with E-state index in [1.54, 1.807) is 0 Å². The number of guanidine groups is 1. The summed E-state index contributed by atoms with van der Waals surface area (Å²) in [5, 5.41) is 14.1. The summed E-state index contributed by atoms with van der Waals surface area (Å²) in [6.07, 6.45) is 2.40. The average Bonchev–Trinajstić information content (AvgIpc) is 3.23. The molecule has 1 saturated heterocycles. The number of hydrogen-bond donors (Lipinski definition) is 6. The second-order valence-corrected chi connectivity index (χ2v) is 8.18. The van der Waals surface area contributed by atoms with Crippen molar-refractivity contribution in [3.8, 4) is 0 Å². The number of nitrogens with zero attached hydrogens (tertiary/aromatic N) is 2. The van der Waals surface area contributed by atoms with Crippen molar-refractivity contribution < 1.29 is 24.3 Å². The lowest BCUT2D eigenvalue weighted by Gasteiger charge is -2.30. The van der Waals surface area contributed by atoms with Gasteiger partial charge in [-0.15, -0.1) is 0 Å². The van der Waals surface area contributed by atoms with E-state index >= 15 is 0 Å². The molecule has 0 aliphatic carbocycles. The number of carboxylic acid groups (broad SMARTS) is 1. The number of aliphatic carboxylic acids is 1. The summed E-state index contributed by atoms with van der Waals surface area (Å²) in [5.41, 5.74) is 16.7. The van der Waals surface area contributed by atoms with E-state index in [2.05, 4.69) is 15.6 Å². The Morgan fingerprint density at radius 2 is 1.84 bits per heavy atom. The van der Waals surface area contributed by atoms with Gasteiger partial charge in [0.15, 0.2) is 5.96 Å². The molecule has 0 spiro atoms. The summed E-state index contributed by atoms with van der Waals surface area (Å²) < 4.78 is 0.